The minimum atomic E-state index is -3.41. The standard InChI is InChI=1S/C18H24N2O2S/c1-13-7-5-9-17(14(13)2)12-20-15(3)16-8-6-10-18(11-16)23(21,22)19-4/h5-11,15,19-20H,12H2,1-4H3/t15-/m0/s1. The Hall–Kier alpha value is -1.69. The molecule has 2 rings (SSSR count). The molecule has 1 atom stereocenters. The van der Waals surface area contributed by atoms with Crippen LogP contribution in [0.5, 0.6) is 0 Å². The molecular formula is C18H24N2O2S. The topological polar surface area (TPSA) is 58.2 Å². The number of benzene rings is 2. The zero-order valence-electron chi connectivity index (χ0n) is 14.1. The Morgan fingerprint density at radius 1 is 1.09 bits per heavy atom. The second kappa shape index (κ2) is 7.25. The molecule has 5 heteroatoms. The molecule has 0 fully saturated rings. The van der Waals surface area contributed by atoms with E-state index in [1.54, 1.807) is 18.2 Å². The van der Waals surface area contributed by atoms with Crippen LogP contribution in [-0.4, -0.2) is 15.5 Å². The molecule has 23 heavy (non-hydrogen) atoms. The van der Waals surface area contributed by atoms with Gasteiger partial charge in [0.05, 0.1) is 4.90 Å². The Balaban J connectivity index is 2.14. The monoisotopic (exact) mass is 332 g/mol. The van der Waals surface area contributed by atoms with Crippen LogP contribution in [0.4, 0.5) is 0 Å². The summed E-state index contributed by atoms with van der Waals surface area (Å²) in [4.78, 5) is 0.290. The van der Waals surface area contributed by atoms with E-state index in [0.717, 1.165) is 12.1 Å². The van der Waals surface area contributed by atoms with Crippen LogP contribution >= 0.6 is 0 Å². The second-order valence-corrected chi connectivity index (χ2v) is 7.63. The zero-order valence-corrected chi connectivity index (χ0v) is 14.9. The van der Waals surface area contributed by atoms with Gasteiger partial charge in [-0.15, -0.1) is 0 Å². The fourth-order valence-electron chi connectivity index (χ4n) is 2.45. The van der Waals surface area contributed by atoms with E-state index in [9.17, 15) is 8.42 Å². The molecule has 2 aromatic rings. The molecule has 0 aliphatic heterocycles. The SMILES string of the molecule is CNS(=O)(=O)c1cccc([C@H](C)NCc2cccc(C)c2C)c1. The molecule has 0 saturated carbocycles. The van der Waals surface area contributed by atoms with Gasteiger partial charge in [-0.1, -0.05) is 30.3 Å². The van der Waals surface area contributed by atoms with Crippen LogP contribution in [0, 0.1) is 13.8 Å². The normalized spacial score (nSPS) is 13.0. The maximum Gasteiger partial charge on any atom is 0.240 e. The van der Waals surface area contributed by atoms with Gasteiger partial charge < -0.3 is 5.32 Å². The van der Waals surface area contributed by atoms with E-state index in [2.05, 4.69) is 42.1 Å². The minimum Gasteiger partial charge on any atom is -0.306 e. The Bertz CT molecular complexity index is 785. The molecule has 0 saturated heterocycles. The van der Waals surface area contributed by atoms with E-state index in [4.69, 9.17) is 0 Å². The van der Waals surface area contributed by atoms with Crippen molar-refractivity contribution < 1.29 is 8.42 Å². The zero-order chi connectivity index (χ0) is 17.0. The van der Waals surface area contributed by atoms with Gasteiger partial charge in [-0.05, 0) is 62.2 Å². The van der Waals surface area contributed by atoms with E-state index in [-0.39, 0.29) is 10.9 Å². The van der Waals surface area contributed by atoms with Crippen molar-refractivity contribution in [3.63, 3.8) is 0 Å². The summed E-state index contributed by atoms with van der Waals surface area (Å²) >= 11 is 0. The summed E-state index contributed by atoms with van der Waals surface area (Å²) in [5.74, 6) is 0. The van der Waals surface area contributed by atoms with Gasteiger partial charge in [-0.3, -0.25) is 0 Å². The van der Waals surface area contributed by atoms with Gasteiger partial charge in [0.1, 0.15) is 0 Å². The van der Waals surface area contributed by atoms with Crippen LogP contribution in [0.25, 0.3) is 0 Å². The van der Waals surface area contributed by atoms with Crippen molar-refractivity contribution in [2.75, 3.05) is 7.05 Å². The van der Waals surface area contributed by atoms with Crippen LogP contribution in [0.15, 0.2) is 47.4 Å². The van der Waals surface area contributed by atoms with Gasteiger partial charge in [0.25, 0.3) is 0 Å². The lowest BCUT2D eigenvalue weighted by Gasteiger charge is -2.17. The van der Waals surface area contributed by atoms with E-state index in [0.29, 0.717) is 0 Å². The first-order valence-electron chi connectivity index (χ1n) is 7.67. The molecule has 0 heterocycles. The third-order valence-electron chi connectivity index (χ3n) is 4.25. The Labute approximate surface area is 139 Å². The summed E-state index contributed by atoms with van der Waals surface area (Å²) in [6.07, 6.45) is 0. The predicted molar refractivity (Wildman–Crippen MR) is 93.9 cm³/mol. The number of aryl methyl sites for hydroxylation is 1. The number of hydrogen-bond acceptors (Lipinski definition) is 3. The lowest BCUT2D eigenvalue weighted by atomic mass is 10.0. The van der Waals surface area contributed by atoms with Crippen molar-refractivity contribution in [3.8, 4) is 0 Å². The smallest absolute Gasteiger partial charge is 0.240 e. The summed E-state index contributed by atoms with van der Waals surface area (Å²) in [5, 5.41) is 3.46. The van der Waals surface area contributed by atoms with Crippen molar-refractivity contribution in [2.45, 2.75) is 38.3 Å². The van der Waals surface area contributed by atoms with Crippen LogP contribution in [0.3, 0.4) is 0 Å². The molecule has 124 valence electrons. The number of nitrogens with one attached hydrogen (secondary N) is 2. The highest BCUT2D eigenvalue weighted by atomic mass is 32.2. The van der Waals surface area contributed by atoms with E-state index in [1.165, 1.54) is 23.7 Å². The first kappa shape index (κ1) is 17.7. The Kier molecular flexibility index (Phi) is 5.57. The number of hydrogen-bond donors (Lipinski definition) is 2. The summed E-state index contributed by atoms with van der Waals surface area (Å²) in [6, 6.07) is 13.4. The summed E-state index contributed by atoms with van der Waals surface area (Å²) in [7, 11) is -1.99. The molecule has 0 spiro atoms. The van der Waals surface area contributed by atoms with Crippen molar-refractivity contribution in [1.82, 2.24) is 10.0 Å². The van der Waals surface area contributed by atoms with E-state index >= 15 is 0 Å². The third kappa shape index (κ3) is 4.19. The maximum atomic E-state index is 11.9. The molecule has 2 N–H and O–H groups in total. The third-order valence-corrected chi connectivity index (χ3v) is 5.66. The molecule has 0 amide bonds. The minimum absolute atomic E-state index is 0.0573. The summed E-state index contributed by atoms with van der Waals surface area (Å²) in [6.45, 7) is 7.01. The van der Waals surface area contributed by atoms with Gasteiger partial charge in [-0.2, -0.15) is 0 Å². The highest BCUT2D eigenvalue weighted by molar-refractivity contribution is 7.89. The summed E-state index contributed by atoms with van der Waals surface area (Å²) < 4.78 is 26.2. The van der Waals surface area contributed by atoms with Crippen LogP contribution < -0.4 is 10.0 Å². The van der Waals surface area contributed by atoms with E-state index < -0.39 is 10.0 Å². The first-order valence-corrected chi connectivity index (χ1v) is 9.15. The molecule has 4 nitrogen and oxygen atoms in total. The van der Waals surface area contributed by atoms with Crippen LogP contribution in [0.1, 0.15) is 35.2 Å². The molecule has 0 unspecified atom stereocenters. The van der Waals surface area contributed by atoms with Crippen LogP contribution in [-0.2, 0) is 16.6 Å². The average molecular weight is 332 g/mol. The number of sulfonamides is 1. The Morgan fingerprint density at radius 2 is 1.78 bits per heavy atom. The second-order valence-electron chi connectivity index (χ2n) is 5.74. The molecule has 0 aliphatic carbocycles. The van der Waals surface area contributed by atoms with Gasteiger partial charge in [0, 0.05) is 12.6 Å². The summed E-state index contributed by atoms with van der Waals surface area (Å²) in [5.41, 5.74) is 4.78. The van der Waals surface area contributed by atoms with E-state index in [1.807, 2.05) is 13.0 Å². The number of rotatable bonds is 6. The van der Waals surface area contributed by atoms with Crippen molar-refractivity contribution >= 4 is 10.0 Å². The predicted octanol–water partition coefficient (Wildman–Crippen LogP) is 3.06. The molecule has 0 bridgehead atoms. The average Bonchev–Trinajstić information content (AvgIpc) is 2.56. The fourth-order valence-corrected chi connectivity index (χ4v) is 3.24. The largest absolute Gasteiger partial charge is 0.306 e. The maximum absolute atomic E-state index is 11.9. The lowest BCUT2D eigenvalue weighted by Crippen LogP contribution is -2.21. The Morgan fingerprint density at radius 3 is 2.48 bits per heavy atom. The molecule has 0 aliphatic rings. The molecular weight excluding hydrogens is 308 g/mol. The van der Waals surface area contributed by atoms with Crippen LogP contribution in [0.2, 0.25) is 0 Å². The van der Waals surface area contributed by atoms with Gasteiger partial charge in [0.15, 0.2) is 0 Å². The van der Waals surface area contributed by atoms with Crippen molar-refractivity contribution in [3.05, 3.63) is 64.7 Å². The highest BCUT2D eigenvalue weighted by Gasteiger charge is 2.14. The molecule has 0 radical (unpaired) electrons. The molecule has 0 aromatic heterocycles. The first-order chi connectivity index (χ1) is 10.8. The lowest BCUT2D eigenvalue weighted by molar-refractivity contribution is 0.570. The van der Waals surface area contributed by atoms with Gasteiger partial charge >= 0.3 is 0 Å². The highest BCUT2D eigenvalue weighted by Crippen LogP contribution is 2.19. The van der Waals surface area contributed by atoms with Gasteiger partial charge in [-0.25, -0.2) is 13.1 Å². The van der Waals surface area contributed by atoms with Gasteiger partial charge in [0.2, 0.25) is 10.0 Å². The molecule has 2 aromatic carbocycles. The van der Waals surface area contributed by atoms with Crippen molar-refractivity contribution in [2.24, 2.45) is 0 Å². The fraction of sp³-hybridized carbons (Fsp3) is 0.333. The quantitative estimate of drug-likeness (QED) is 0.855. The van der Waals surface area contributed by atoms with Crippen molar-refractivity contribution in [1.29, 1.82) is 0 Å².